The molecule has 0 atom stereocenters. The van der Waals surface area contributed by atoms with E-state index >= 15 is 0 Å². The number of hydrogen-bond donors (Lipinski definition) is 0. The van der Waals surface area contributed by atoms with Crippen molar-refractivity contribution in [3.8, 4) is 16.9 Å². The minimum absolute atomic E-state index is 0.119. The molecule has 0 spiro atoms. The van der Waals surface area contributed by atoms with Crippen LogP contribution in [0.5, 0.6) is 0 Å². The summed E-state index contributed by atoms with van der Waals surface area (Å²) in [6.07, 6.45) is 9.93. The van der Waals surface area contributed by atoms with Crippen molar-refractivity contribution >= 4 is 56.3 Å². The van der Waals surface area contributed by atoms with Crippen LogP contribution in [0.1, 0.15) is 64.4 Å². The fraction of sp³-hybridized carbons (Fsp3) is 0.412. The summed E-state index contributed by atoms with van der Waals surface area (Å²) in [6, 6.07) is 16.4. The van der Waals surface area contributed by atoms with E-state index in [1.807, 2.05) is 42.6 Å². The van der Waals surface area contributed by atoms with E-state index in [1.165, 1.54) is 22.5 Å². The van der Waals surface area contributed by atoms with E-state index in [9.17, 15) is 18.0 Å². The number of unbranched alkanes of at least 4 members (excludes halogenated alkanes) is 4. The van der Waals surface area contributed by atoms with Gasteiger partial charge in [-0.15, -0.1) is 0 Å². The first-order chi connectivity index (χ1) is 22.2. The van der Waals surface area contributed by atoms with Crippen LogP contribution in [-0.2, 0) is 24.3 Å². The zero-order chi connectivity index (χ0) is 32.7. The number of ether oxygens (including phenoxy) is 1. The molecule has 0 unspecified atom stereocenters. The number of carbonyl (C=O) groups excluding carboxylic acids is 2. The molecule has 2 aliphatic heterocycles. The molecule has 1 amide bonds. The lowest BCUT2D eigenvalue weighted by molar-refractivity contribution is -0.149. The molecule has 0 N–H and O–H groups in total. The Bertz CT molecular complexity index is 1700. The Morgan fingerprint density at radius 1 is 1.04 bits per heavy atom. The summed E-state index contributed by atoms with van der Waals surface area (Å²) >= 11 is 6.87. The van der Waals surface area contributed by atoms with E-state index in [0.29, 0.717) is 52.0 Å². The predicted molar refractivity (Wildman–Crippen MR) is 186 cm³/mol. The number of thiocarbonyl (C=S) groups is 1. The van der Waals surface area contributed by atoms with Gasteiger partial charge < -0.3 is 4.74 Å². The summed E-state index contributed by atoms with van der Waals surface area (Å²) in [5, 5.41) is 4.86. The molecule has 3 aromatic rings. The molecular formula is C34H40N4O5S3. The normalized spacial score (nSPS) is 17.3. The summed E-state index contributed by atoms with van der Waals surface area (Å²) in [7, 11) is -3.82. The van der Waals surface area contributed by atoms with Crippen LogP contribution in [0.4, 0.5) is 0 Å². The fourth-order valence-corrected chi connectivity index (χ4v) is 8.50. The predicted octanol–water partition coefficient (Wildman–Crippen LogP) is 6.67. The average molecular weight is 681 g/mol. The molecular weight excluding hydrogens is 641 g/mol. The molecule has 1 aromatic heterocycles. The molecule has 12 heteroatoms. The number of thioether (sulfide) groups is 1. The second kappa shape index (κ2) is 15.5. The monoisotopic (exact) mass is 680 g/mol. The van der Waals surface area contributed by atoms with Gasteiger partial charge >= 0.3 is 5.97 Å². The van der Waals surface area contributed by atoms with Crippen LogP contribution in [-0.4, -0.2) is 69.8 Å². The number of carbonyl (C=O) groups is 2. The van der Waals surface area contributed by atoms with Crippen LogP contribution in [0.3, 0.4) is 0 Å². The lowest BCUT2D eigenvalue weighted by Crippen LogP contribution is -2.40. The third kappa shape index (κ3) is 7.79. The minimum atomic E-state index is -3.82. The van der Waals surface area contributed by atoms with Gasteiger partial charge in [-0.1, -0.05) is 86.9 Å². The maximum atomic E-state index is 13.7. The zero-order valence-electron chi connectivity index (χ0n) is 26.3. The number of esters is 1. The highest BCUT2D eigenvalue weighted by Crippen LogP contribution is 2.36. The van der Waals surface area contributed by atoms with Crippen molar-refractivity contribution < 1.29 is 22.7 Å². The number of sulfonamides is 1. The number of amides is 1. The van der Waals surface area contributed by atoms with Gasteiger partial charge in [0.05, 0.1) is 28.0 Å². The van der Waals surface area contributed by atoms with Crippen LogP contribution < -0.4 is 0 Å². The largest absolute Gasteiger partial charge is 0.466 e. The van der Waals surface area contributed by atoms with Gasteiger partial charge in [-0.2, -0.15) is 9.40 Å². The molecule has 0 saturated carbocycles. The number of aromatic nitrogens is 2. The summed E-state index contributed by atoms with van der Waals surface area (Å²) in [4.78, 5) is 28.0. The van der Waals surface area contributed by atoms with Crippen molar-refractivity contribution in [3.63, 3.8) is 0 Å². The Hall–Kier alpha value is -3.32. The van der Waals surface area contributed by atoms with Gasteiger partial charge in [-0.25, -0.2) is 13.1 Å². The van der Waals surface area contributed by atoms with Gasteiger partial charge in [-0.05, 0) is 56.5 Å². The number of rotatable bonds is 13. The number of hydrogen-bond acceptors (Lipinski definition) is 8. The van der Waals surface area contributed by atoms with E-state index < -0.39 is 10.0 Å². The number of piperidine rings is 1. The molecule has 0 aliphatic carbocycles. The first-order valence-corrected chi connectivity index (χ1v) is 18.6. The van der Waals surface area contributed by atoms with Crippen molar-refractivity contribution in [2.24, 2.45) is 5.92 Å². The Kier molecular flexibility index (Phi) is 11.5. The Labute approximate surface area is 281 Å². The van der Waals surface area contributed by atoms with Crippen LogP contribution in [0.2, 0.25) is 0 Å². The molecule has 46 heavy (non-hydrogen) atoms. The molecule has 244 valence electrons. The third-order valence-electron chi connectivity index (χ3n) is 8.23. The lowest BCUT2D eigenvalue weighted by Gasteiger charge is -2.30. The number of benzene rings is 2. The van der Waals surface area contributed by atoms with E-state index in [-0.39, 0.29) is 35.8 Å². The van der Waals surface area contributed by atoms with Crippen LogP contribution in [0, 0.1) is 5.92 Å². The Morgan fingerprint density at radius 2 is 1.78 bits per heavy atom. The second-order valence-electron chi connectivity index (χ2n) is 11.4. The van der Waals surface area contributed by atoms with E-state index in [4.69, 9.17) is 22.1 Å². The van der Waals surface area contributed by atoms with Gasteiger partial charge in [0.2, 0.25) is 10.0 Å². The maximum absolute atomic E-state index is 13.7. The summed E-state index contributed by atoms with van der Waals surface area (Å²) in [5.41, 5.74) is 2.66. The third-order valence-corrected chi connectivity index (χ3v) is 11.5. The zero-order valence-corrected chi connectivity index (χ0v) is 28.7. The molecule has 2 fully saturated rings. The number of nitrogens with zero attached hydrogens (tertiary/aromatic N) is 4. The van der Waals surface area contributed by atoms with Crippen LogP contribution in [0.15, 0.2) is 70.6 Å². The second-order valence-corrected chi connectivity index (χ2v) is 15.0. The highest BCUT2D eigenvalue weighted by atomic mass is 32.2. The molecule has 0 radical (unpaired) electrons. The van der Waals surface area contributed by atoms with Crippen molar-refractivity contribution in [2.75, 3.05) is 26.2 Å². The molecule has 9 nitrogen and oxygen atoms in total. The fourth-order valence-electron chi connectivity index (χ4n) is 5.68. The van der Waals surface area contributed by atoms with Crippen LogP contribution in [0.25, 0.3) is 23.0 Å². The number of para-hydroxylation sites is 1. The smallest absolute Gasteiger partial charge is 0.309 e. The summed E-state index contributed by atoms with van der Waals surface area (Å²) < 4.78 is 36.3. The summed E-state index contributed by atoms with van der Waals surface area (Å²) in [5.74, 6) is -0.685. The van der Waals surface area contributed by atoms with Crippen molar-refractivity contribution in [1.29, 1.82) is 0 Å². The lowest BCUT2D eigenvalue weighted by atomic mass is 9.98. The molecule has 2 aromatic carbocycles. The van der Waals surface area contributed by atoms with Crippen molar-refractivity contribution in [2.45, 2.75) is 63.7 Å². The van der Waals surface area contributed by atoms with Crippen molar-refractivity contribution in [3.05, 3.63) is 71.3 Å². The first-order valence-electron chi connectivity index (χ1n) is 15.9. The Morgan fingerprint density at radius 3 is 2.50 bits per heavy atom. The molecule has 5 rings (SSSR count). The van der Waals surface area contributed by atoms with Crippen molar-refractivity contribution in [1.82, 2.24) is 19.0 Å². The average Bonchev–Trinajstić information content (AvgIpc) is 3.61. The minimum Gasteiger partial charge on any atom is -0.466 e. The standard InChI is InChI=1S/C34H40N4O5S3/c1-3-5-6-7-11-19-37-32(39)30(45-34(37)44)23-27-24-38(28-14-9-8-10-15-28)35-31(27)26-13-12-16-29(22-26)46(41,42)36-20-17-25(18-21-36)33(40)43-4-2/h8-10,12-16,22-25H,3-7,11,17-21H2,1-2H3. The van der Waals surface area contributed by atoms with E-state index in [1.54, 1.807) is 40.8 Å². The summed E-state index contributed by atoms with van der Waals surface area (Å²) in [6.45, 7) is 5.32. The Balaban J connectivity index is 1.43. The van der Waals surface area contributed by atoms with E-state index in [0.717, 1.165) is 31.4 Å². The van der Waals surface area contributed by atoms with Gasteiger partial charge in [0, 0.05) is 37.0 Å². The van der Waals surface area contributed by atoms with Crippen LogP contribution >= 0.6 is 24.0 Å². The quantitative estimate of drug-likeness (QED) is 0.0854. The first kappa shape index (κ1) is 34.0. The van der Waals surface area contributed by atoms with Gasteiger partial charge in [0.1, 0.15) is 10.0 Å². The molecule has 0 bridgehead atoms. The highest BCUT2D eigenvalue weighted by Gasteiger charge is 2.34. The highest BCUT2D eigenvalue weighted by molar-refractivity contribution is 8.26. The van der Waals surface area contributed by atoms with Gasteiger partial charge in [0.15, 0.2) is 0 Å². The SMILES string of the molecule is CCCCCCCN1C(=O)C(=Cc2cn(-c3ccccc3)nc2-c2cccc(S(=O)(=O)N3CCC(C(=O)OCC)CC3)c2)SC1=S. The molecule has 2 saturated heterocycles. The topological polar surface area (TPSA) is 102 Å². The molecule has 2 aliphatic rings. The molecule has 3 heterocycles. The maximum Gasteiger partial charge on any atom is 0.309 e. The van der Waals surface area contributed by atoms with Gasteiger partial charge in [0.25, 0.3) is 5.91 Å². The van der Waals surface area contributed by atoms with Gasteiger partial charge in [-0.3, -0.25) is 14.5 Å². The van der Waals surface area contributed by atoms with E-state index in [2.05, 4.69) is 6.92 Å².